The first-order valence-electron chi connectivity index (χ1n) is 9.97. The number of nitrogens with zero attached hydrogens (tertiary/aromatic N) is 4. The number of amides is 2. The van der Waals surface area contributed by atoms with Crippen molar-refractivity contribution in [2.75, 3.05) is 18.2 Å². The summed E-state index contributed by atoms with van der Waals surface area (Å²) in [6, 6.07) is 6.57. The molecule has 3 rings (SSSR count). The number of carbonyl (C=O) groups is 2. The van der Waals surface area contributed by atoms with Gasteiger partial charge in [-0.25, -0.2) is 4.98 Å². The van der Waals surface area contributed by atoms with Crippen molar-refractivity contribution in [3.8, 4) is 5.75 Å². The molecule has 0 aliphatic rings. The van der Waals surface area contributed by atoms with Gasteiger partial charge in [-0.15, -0.1) is 21.5 Å². The summed E-state index contributed by atoms with van der Waals surface area (Å²) in [6.07, 6.45) is 0. The molecule has 0 bridgehead atoms. The molecule has 0 aliphatic carbocycles. The van der Waals surface area contributed by atoms with Crippen LogP contribution in [-0.2, 0) is 11.8 Å². The van der Waals surface area contributed by atoms with E-state index >= 15 is 0 Å². The number of aryl methyl sites for hydroxylation is 1. The highest BCUT2D eigenvalue weighted by Gasteiger charge is 2.25. The first-order chi connectivity index (χ1) is 15.3. The third-order valence-electron chi connectivity index (χ3n) is 4.65. The van der Waals surface area contributed by atoms with Crippen LogP contribution in [0.1, 0.15) is 41.8 Å². The lowest BCUT2D eigenvalue weighted by Crippen LogP contribution is -2.33. The van der Waals surface area contributed by atoms with Crippen LogP contribution in [0.3, 0.4) is 0 Å². The second-order valence-corrected chi connectivity index (χ2v) is 9.25. The fourth-order valence-electron chi connectivity index (χ4n) is 2.92. The highest BCUT2D eigenvalue weighted by Crippen LogP contribution is 2.25. The zero-order valence-electron chi connectivity index (χ0n) is 18.6. The van der Waals surface area contributed by atoms with Crippen LogP contribution in [0.15, 0.2) is 34.8 Å². The number of nitrogens with one attached hydrogen (secondary N) is 2. The quantitative estimate of drug-likeness (QED) is 0.457. The van der Waals surface area contributed by atoms with Gasteiger partial charge in [-0.3, -0.25) is 9.59 Å². The SMILES string of the molecule is COc1ccc(C(=O)N[C@H](c2nnc(SCC(=O)Nc3nc(C)cs3)n2C)C(C)C)cc1. The second kappa shape index (κ2) is 10.6. The molecule has 3 aromatic rings. The molecule has 0 saturated heterocycles. The van der Waals surface area contributed by atoms with Crippen molar-refractivity contribution in [3.05, 3.63) is 46.7 Å². The monoisotopic (exact) mass is 474 g/mol. The zero-order valence-corrected chi connectivity index (χ0v) is 20.2. The van der Waals surface area contributed by atoms with Gasteiger partial charge in [0.15, 0.2) is 16.1 Å². The molecule has 0 radical (unpaired) electrons. The molecule has 32 heavy (non-hydrogen) atoms. The standard InChI is InChI=1S/C21H26N6O3S2/c1-12(2)17(24-19(29)14-6-8-15(30-5)9-7-14)18-25-26-21(27(18)4)32-11-16(28)23-20-22-13(3)10-31-20/h6-10,12,17H,11H2,1-5H3,(H,24,29)(H,22,23,28)/t17-/m0/s1. The van der Waals surface area contributed by atoms with Crippen molar-refractivity contribution in [2.45, 2.75) is 32.0 Å². The van der Waals surface area contributed by atoms with Crippen molar-refractivity contribution in [1.82, 2.24) is 25.1 Å². The van der Waals surface area contributed by atoms with Crippen molar-refractivity contribution >= 4 is 40.0 Å². The fourth-order valence-corrected chi connectivity index (χ4v) is 4.34. The Morgan fingerprint density at radius 1 is 1.22 bits per heavy atom. The number of thioether (sulfide) groups is 1. The van der Waals surface area contributed by atoms with E-state index < -0.39 is 0 Å². The molecule has 2 aromatic heterocycles. The van der Waals surface area contributed by atoms with E-state index in [2.05, 4.69) is 25.8 Å². The maximum Gasteiger partial charge on any atom is 0.251 e. The molecule has 0 fully saturated rings. The van der Waals surface area contributed by atoms with Crippen LogP contribution in [0.2, 0.25) is 0 Å². The highest BCUT2D eigenvalue weighted by molar-refractivity contribution is 7.99. The Morgan fingerprint density at radius 2 is 1.94 bits per heavy atom. The van der Waals surface area contributed by atoms with Gasteiger partial charge in [0.05, 0.1) is 24.6 Å². The summed E-state index contributed by atoms with van der Waals surface area (Å²) in [5.41, 5.74) is 1.40. The molecule has 1 aromatic carbocycles. The lowest BCUT2D eigenvalue weighted by atomic mass is 10.0. The number of anilines is 1. The van der Waals surface area contributed by atoms with Gasteiger partial charge in [0.25, 0.3) is 5.91 Å². The second-order valence-electron chi connectivity index (χ2n) is 7.45. The predicted octanol–water partition coefficient (Wildman–Crippen LogP) is 3.45. The van der Waals surface area contributed by atoms with Crippen molar-refractivity contribution < 1.29 is 14.3 Å². The largest absolute Gasteiger partial charge is 0.497 e. The van der Waals surface area contributed by atoms with Crippen LogP contribution in [0.25, 0.3) is 0 Å². The Bertz CT molecular complexity index is 1080. The van der Waals surface area contributed by atoms with Crippen molar-refractivity contribution in [3.63, 3.8) is 0 Å². The molecule has 0 aliphatic heterocycles. The van der Waals surface area contributed by atoms with Crippen LogP contribution in [0, 0.1) is 12.8 Å². The van der Waals surface area contributed by atoms with Crippen molar-refractivity contribution in [1.29, 1.82) is 0 Å². The summed E-state index contributed by atoms with van der Waals surface area (Å²) < 4.78 is 6.95. The van der Waals surface area contributed by atoms with Gasteiger partial charge in [0.2, 0.25) is 5.91 Å². The normalized spacial score (nSPS) is 11.9. The molecular formula is C21H26N6O3S2. The zero-order chi connectivity index (χ0) is 23.3. The third-order valence-corrected chi connectivity index (χ3v) is 6.55. The average Bonchev–Trinajstić information content (AvgIpc) is 3.35. The van der Waals surface area contributed by atoms with E-state index in [0.29, 0.717) is 27.4 Å². The van der Waals surface area contributed by atoms with Crippen LogP contribution < -0.4 is 15.4 Å². The van der Waals surface area contributed by atoms with Gasteiger partial charge < -0.3 is 19.9 Å². The van der Waals surface area contributed by atoms with Crippen molar-refractivity contribution in [2.24, 2.45) is 13.0 Å². The Kier molecular flexibility index (Phi) is 7.86. The summed E-state index contributed by atoms with van der Waals surface area (Å²) in [5.74, 6) is 1.19. The van der Waals surface area contributed by atoms with E-state index in [4.69, 9.17) is 4.74 Å². The molecule has 9 nitrogen and oxygen atoms in total. The van der Waals surface area contributed by atoms with E-state index in [1.54, 1.807) is 31.4 Å². The molecule has 2 N–H and O–H groups in total. The van der Waals surface area contributed by atoms with Gasteiger partial charge in [-0.05, 0) is 37.1 Å². The Labute approximate surface area is 195 Å². The number of aromatic nitrogens is 4. The fraction of sp³-hybridized carbons (Fsp3) is 0.381. The third kappa shape index (κ3) is 5.86. The van der Waals surface area contributed by atoms with Crippen LogP contribution in [0.4, 0.5) is 5.13 Å². The Hall–Kier alpha value is -2.92. The number of carbonyl (C=O) groups excluding carboxylic acids is 2. The molecule has 2 amide bonds. The lowest BCUT2D eigenvalue weighted by molar-refractivity contribution is -0.113. The first kappa shape index (κ1) is 23.7. The van der Waals surface area contributed by atoms with E-state index in [9.17, 15) is 9.59 Å². The van der Waals surface area contributed by atoms with Gasteiger partial charge in [-0.2, -0.15) is 0 Å². The summed E-state index contributed by atoms with van der Waals surface area (Å²) >= 11 is 2.67. The Morgan fingerprint density at radius 3 is 2.53 bits per heavy atom. The number of rotatable bonds is 9. The van der Waals surface area contributed by atoms with Gasteiger partial charge in [0.1, 0.15) is 5.75 Å². The average molecular weight is 475 g/mol. The van der Waals surface area contributed by atoms with Crippen LogP contribution in [-0.4, -0.2) is 44.4 Å². The Balaban J connectivity index is 1.65. The van der Waals surface area contributed by atoms with Gasteiger partial charge in [-0.1, -0.05) is 25.6 Å². The number of ether oxygens (including phenoxy) is 1. The summed E-state index contributed by atoms with van der Waals surface area (Å²) in [4.78, 5) is 29.2. The van der Waals surface area contributed by atoms with E-state index in [0.717, 1.165) is 5.69 Å². The van der Waals surface area contributed by atoms with E-state index in [1.165, 1.54) is 23.1 Å². The minimum atomic E-state index is -0.344. The predicted molar refractivity (Wildman–Crippen MR) is 125 cm³/mol. The summed E-state index contributed by atoms with van der Waals surface area (Å²) in [6.45, 7) is 5.88. The number of methoxy groups -OCH3 is 1. The van der Waals surface area contributed by atoms with Gasteiger partial charge in [0, 0.05) is 18.0 Å². The smallest absolute Gasteiger partial charge is 0.251 e. The molecule has 170 valence electrons. The molecule has 11 heteroatoms. The van der Waals surface area contributed by atoms with E-state index in [1.807, 2.05) is 37.8 Å². The lowest BCUT2D eigenvalue weighted by Gasteiger charge is -2.21. The molecule has 1 atom stereocenters. The molecule has 2 heterocycles. The number of thiazole rings is 1. The number of hydrogen-bond acceptors (Lipinski definition) is 8. The number of hydrogen-bond donors (Lipinski definition) is 2. The topological polar surface area (TPSA) is 111 Å². The molecular weight excluding hydrogens is 448 g/mol. The van der Waals surface area contributed by atoms with E-state index in [-0.39, 0.29) is 29.5 Å². The maximum absolute atomic E-state index is 12.8. The first-order valence-corrected chi connectivity index (χ1v) is 11.8. The van der Waals surface area contributed by atoms with Gasteiger partial charge >= 0.3 is 0 Å². The molecule has 0 unspecified atom stereocenters. The minimum absolute atomic E-state index is 0.0781. The minimum Gasteiger partial charge on any atom is -0.497 e. The highest BCUT2D eigenvalue weighted by atomic mass is 32.2. The van der Waals surface area contributed by atoms with Crippen LogP contribution in [0.5, 0.6) is 5.75 Å². The number of benzene rings is 1. The summed E-state index contributed by atoms with van der Waals surface area (Å²) in [7, 11) is 3.41. The molecule has 0 spiro atoms. The maximum atomic E-state index is 12.8. The molecule has 0 saturated carbocycles. The summed E-state index contributed by atoms with van der Waals surface area (Å²) in [5, 5.41) is 17.4. The van der Waals surface area contributed by atoms with Crippen LogP contribution >= 0.6 is 23.1 Å².